The summed E-state index contributed by atoms with van der Waals surface area (Å²) in [7, 11) is 0. The number of hydrogen-bond donors (Lipinski definition) is 1. The zero-order chi connectivity index (χ0) is 39.4. The highest BCUT2D eigenvalue weighted by Crippen LogP contribution is 2.44. The van der Waals surface area contributed by atoms with E-state index in [1.165, 1.54) is 12.3 Å². The number of nitriles is 1. The van der Waals surface area contributed by atoms with E-state index in [0.29, 0.717) is 45.0 Å². The summed E-state index contributed by atoms with van der Waals surface area (Å²) in [6.45, 7) is 12.9. The number of aromatic nitrogens is 3. The predicted octanol–water partition coefficient (Wildman–Crippen LogP) is 7.42. The molecule has 7 rings (SSSR count). The maximum absolute atomic E-state index is 17.1. The molecule has 0 bridgehead atoms. The van der Waals surface area contributed by atoms with Gasteiger partial charge in [0.05, 0.1) is 21.2 Å². The molecule has 0 spiro atoms. The van der Waals surface area contributed by atoms with Crippen LogP contribution in [0.25, 0.3) is 32.2 Å². The van der Waals surface area contributed by atoms with Crippen LogP contribution in [0.4, 0.5) is 33.6 Å². The van der Waals surface area contributed by atoms with Gasteiger partial charge in [0, 0.05) is 56.3 Å². The molecule has 0 radical (unpaired) electrons. The minimum Gasteiger partial charge on any atom is -0.461 e. The fourth-order valence-electron chi connectivity index (χ4n) is 7.55. The van der Waals surface area contributed by atoms with Gasteiger partial charge in [0.1, 0.15) is 57.9 Å². The molecule has 0 saturated carbocycles. The van der Waals surface area contributed by atoms with Gasteiger partial charge >= 0.3 is 18.2 Å². The molecule has 6 heterocycles. The topological polar surface area (TPSA) is 146 Å². The molecule has 3 fully saturated rings. The molecule has 3 saturated heterocycles. The van der Waals surface area contributed by atoms with Crippen molar-refractivity contribution in [3.05, 3.63) is 35.5 Å². The summed E-state index contributed by atoms with van der Waals surface area (Å²) in [6.07, 6.45) is 1.13. The maximum atomic E-state index is 17.1. The van der Waals surface area contributed by atoms with Crippen molar-refractivity contribution in [3.63, 3.8) is 0 Å². The average Bonchev–Trinajstić information content (AvgIpc) is 3.76. The van der Waals surface area contributed by atoms with Crippen molar-refractivity contribution in [2.45, 2.75) is 83.7 Å². The van der Waals surface area contributed by atoms with Crippen LogP contribution in [0.3, 0.4) is 0 Å². The Balaban J connectivity index is 1.29. The van der Waals surface area contributed by atoms with E-state index in [1.54, 1.807) is 46.4 Å². The molecule has 292 valence electrons. The predicted molar refractivity (Wildman–Crippen MR) is 201 cm³/mol. The number of carbonyl (C=O) groups excluding carboxylic acids is 2. The number of ether oxygens (including phenoxy) is 3. The Labute approximate surface area is 320 Å². The van der Waals surface area contributed by atoms with Gasteiger partial charge < -0.3 is 24.0 Å². The van der Waals surface area contributed by atoms with Gasteiger partial charge in [0.2, 0.25) is 0 Å². The molecule has 1 aromatic carbocycles. The van der Waals surface area contributed by atoms with Crippen molar-refractivity contribution in [1.29, 1.82) is 5.26 Å². The minimum atomic E-state index is -0.980. The van der Waals surface area contributed by atoms with E-state index < -0.39 is 46.7 Å². The third-order valence-corrected chi connectivity index (χ3v) is 11.0. The summed E-state index contributed by atoms with van der Waals surface area (Å²) < 4.78 is 64.1. The van der Waals surface area contributed by atoms with E-state index in [2.05, 4.69) is 20.2 Å². The second-order valence-electron chi connectivity index (χ2n) is 16.2. The van der Waals surface area contributed by atoms with Crippen LogP contribution in [0, 0.1) is 23.0 Å². The van der Waals surface area contributed by atoms with Crippen LogP contribution in [0.5, 0.6) is 6.01 Å². The number of nitrogens with zero attached hydrogens (tertiary/aromatic N) is 7. The van der Waals surface area contributed by atoms with Crippen LogP contribution in [0.2, 0.25) is 0 Å². The molecule has 3 aliphatic heterocycles. The molecule has 2 amide bonds. The quantitative estimate of drug-likeness (QED) is 0.209. The molecule has 0 aliphatic carbocycles. The summed E-state index contributed by atoms with van der Waals surface area (Å²) in [4.78, 5) is 44.8. The third kappa shape index (κ3) is 7.66. The van der Waals surface area contributed by atoms with E-state index in [0.717, 1.165) is 36.8 Å². The summed E-state index contributed by atoms with van der Waals surface area (Å²) in [5.74, 6) is -1.21. The van der Waals surface area contributed by atoms with Crippen LogP contribution >= 0.6 is 11.3 Å². The first-order chi connectivity index (χ1) is 25.9. The Morgan fingerprint density at radius 3 is 2.47 bits per heavy atom. The monoisotopic (exact) mass is 780 g/mol. The Morgan fingerprint density at radius 1 is 1.05 bits per heavy atom. The number of pyridine rings is 1. The number of amides is 2. The molecule has 3 aliphatic rings. The standard InChI is InChI=1S/C38H43F3N8O5S/c1-36(2,3)53-34(50)46-32-23(17-42)26-22(8-9-25(40)30(26)55-32)28-27(41)29-24(18-43-28)31(47-12-14-48(15-13-47)35(51)54-37(4,5)6)45-33(44-29)52-20-38-10-7-11-49(38)19-21(39)16-38/h8-9,18,21H,7,10-16,19-20H2,1-6H3,(H,46,50)/t21?,38-/m0/s1. The minimum absolute atomic E-state index is 0.0137. The Morgan fingerprint density at radius 2 is 1.78 bits per heavy atom. The lowest BCUT2D eigenvalue weighted by molar-refractivity contribution is 0.0240. The SMILES string of the molecule is CC(C)(C)OC(=O)Nc1sc2c(F)ccc(-c3ncc4c(N5CCN(C(=O)OC(C)(C)C)CC5)nc(OC[C@@]56CCCN5CC(F)C6)nc4c3F)c2c1C#N. The summed E-state index contributed by atoms with van der Waals surface area (Å²) in [5.41, 5.74) is -2.33. The molecule has 1 unspecified atom stereocenters. The van der Waals surface area contributed by atoms with Gasteiger partial charge in [-0.1, -0.05) is 0 Å². The fraction of sp³-hybridized carbons (Fsp3) is 0.526. The van der Waals surface area contributed by atoms with Crippen LogP contribution in [0.1, 0.15) is 66.4 Å². The summed E-state index contributed by atoms with van der Waals surface area (Å²) in [5, 5.41) is 13.1. The number of hydrogen-bond acceptors (Lipinski definition) is 12. The number of alkyl halides is 1. The van der Waals surface area contributed by atoms with Crippen molar-refractivity contribution in [2.75, 3.05) is 56.1 Å². The Kier molecular flexibility index (Phi) is 9.95. The van der Waals surface area contributed by atoms with Crippen LogP contribution in [-0.4, -0.2) is 106 Å². The van der Waals surface area contributed by atoms with Crippen LogP contribution < -0.4 is 15.0 Å². The highest BCUT2D eigenvalue weighted by molar-refractivity contribution is 7.23. The maximum Gasteiger partial charge on any atom is 0.412 e. The molecule has 17 heteroatoms. The van der Waals surface area contributed by atoms with E-state index in [9.17, 15) is 19.2 Å². The van der Waals surface area contributed by atoms with E-state index >= 15 is 8.78 Å². The number of anilines is 2. The van der Waals surface area contributed by atoms with Gasteiger partial charge in [0.15, 0.2) is 5.82 Å². The summed E-state index contributed by atoms with van der Waals surface area (Å²) in [6, 6.07) is 4.40. The number of halogens is 3. The molecule has 4 aromatic rings. The molecular formula is C38H43F3N8O5S. The smallest absolute Gasteiger partial charge is 0.412 e. The van der Waals surface area contributed by atoms with Crippen LogP contribution in [0.15, 0.2) is 18.3 Å². The molecule has 2 atom stereocenters. The number of thiophene rings is 1. The van der Waals surface area contributed by atoms with E-state index in [4.69, 9.17) is 19.2 Å². The molecule has 13 nitrogen and oxygen atoms in total. The average molecular weight is 781 g/mol. The first-order valence-electron chi connectivity index (χ1n) is 18.2. The second-order valence-corrected chi connectivity index (χ2v) is 17.2. The lowest BCUT2D eigenvalue weighted by atomic mass is 9.95. The van der Waals surface area contributed by atoms with Gasteiger partial charge in [-0.2, -0.15) is 15.2 Å². The molecule has 3 aromatic heterocycles. The van der Waals surface area contributed by atoms with Crippen LogP contribution in [-0.2, 0) is 9.47 Å². The Hall–Kier alpha value is -4.95. The van der Waals surface area contributed by atoms with E-state index in [-0.39, 0.29) is 55.4 Å². The molecular weight excluding hydrogens is 738 g/mol. The van der Waals surface area contributed by atoms with Crippen molar-refractivity contribution in [3.8, 4) is 23.3 Å². The van der Waals surface area contributed by atoms with E-state index in [1.807, 2.05) is 11.0 Å². The second kappa shape index (κ2) is 14.3. The lowest BCUT2D eigenvalue weighted by Crippen LogP contribution is -2.50. The number of piperazine rings is 1. The number of nitrogens with one attached hydrogen (secondary N) is 1. The third-order valence-electron chi connectivity index (χ3n) is 9.88. The van der Waals surface area contributed by atoms with Gasteiger partial charge in [-0.3, -0.25) is 15.2 Å². The zero-order valence-electron chi connectivity index (χ0n) is 31.6. The number of carbonyl (C=O) groups is 2. The summed E-state index contributed by atoms with van der Waals surface area (Å²) >= 11 is 0.823. The largest absolute Gasteiger partial charge is 0.461 e. The number of fused-ring (bicyclic) bond motifs is 3. The van der Waals surface area contributed by atoms with Gasteiger partial charge in [0.25, 0.3) is 0 Å². The first kappa shape index (κ1) is 38.3. The molecule has 55 heavy (non-hydrogen) atoms. The van der Waals surface area contributed by atoms with Crippen molar-refractivity contribution in [1.82, 2.24) is 24.8 Å². The van der Waals surface area contributed by atoms with Gasteiger partial charge in [-0.15, -0.1) is 11.3 Å². The highest BCUT2D eigenvalue weighted by atomic mass is 32.1. The van der Waals surface area contributed by atoms with Crippen molar-refractivity contribution < 1.29 is 37.0 Å². The highest BCUT2D eigenvalue weighted by Gasteiger charge is 2.49. The van der Waals surface area contributed by atoms with Gasteiger partial charge in [-0.25, -0.2) is 22.8 Å². The van der Waals surface area contributed by atoms with Crippen molar-refractivity contribution >= 4 is 55.3 Å². The van der Waals surface area contributed by atoms with Crippen molar-refractivity contribution in [2.24, 2.45) is 0 Å². The Bertz CT molecular complexity index is 2210. The zero-order valence-corrected chi connectivity index (χ0v) is 32.4. The normalized spacial score (nSPS) is 20.5. The fourth-order valence-corrected chi connectivity index (χ4v) is 8.62. The number of rotatable bonds is 6. The molecule has 1 N–H and O–H groups in total. The lowest BCUT2D eigenvalue weighted by Gasteiger charge is -2.36. The first-order valence-corrected chi connectivity index (χ1v) is 19.0. The van der Waals surface area contributed by atoms with Gasteiger partial charge in [-0.05, 0) is 73.1 Å². The number of benzene rings is 1.